The van der Waals surface area contributed by atoms with Crippen molar-refractivity contribution in [2.24, 2.45) is 5.73 Å². The Kier molecular flexibility index (Phi) is 2.90. The van der Waals surface area contributed by atoms with Crippen LogP contribution in [-0.2, 0) is 5.54 Å². The first-order chi connectivity index (χ1) is 5.97. The first-order valence-electron chi connectivity index (χ1n) is 3.72. The molecule has 13 heavy (non-hydrogen) atoms. The second-order valence-corrected chi connectivity index (χ2v) is 4.01. The Morgan fingerprint density at radius 2 is 2.31 bits per heavy atom. The fraction of sp³-hybridized carbons (Fsp3) is 0.375. The van der Waals surface area contributed by atoms with Gasteiger partial charge in [0.15, 0.2) is 0 Å². The van der Waals surface area contributed by atoms with E-state index in [-0.39, 0.29) is 12.4 Å². The normalized spacial score (nSPS) is 15.4. The van der Waals surface area contributed by atoms with E-state index in [4.69, 9.17) is 10.8 Å². The van der Waals surface area contributed by atoms with Gasteiger partial charge in [0.25, 0.3) is 0 Å². The summed E-state index contributed by atoms with van der Waals surface area (Å²) in [6.45, 7) is 1.33. The Morgan fingerprint density at radius 3 is 2.77 bits per heavy atom. The highest BCUT2D eigenvalue weighted by molar-refractivity contribution is 9.10. The summed E-state index contributed by atoms with van der Waals surface area (Å²) in [6.07, 6.45) is 1.52. The number of pyridine rings is 1. The number of nitrogens with zero attached hydrogens (tertiary/aromatic N) is 1. The lowest BCUT2D eigenvalue weighted by molar-refractivity contribution is 0.203. The van der Waals surface area contributed by atoms with Crippen molar-refractivity contribution >= 4 is 15.9 Å². The molecule has 0 aliphatic rings. The molecule has 0 aromatic carbocycles. The Hall–Kier alpha value is -0.650. The molecule has 0 aliphatic carbocycles. The van der Waals surface area contributed by atoms with Crippen LogP contribution in [0.2, 0.25) is 0 Å². The zero-order valence-electron chi connectivity index (χ0n) is 7.16. The van der Waals surface area contributed by atoms with Crippen molar-refractivity contribution in [2.45, 2.75) is 12.5 Å². The van der Waals surface area contributed by atoms with Crippen molar-refractivity contribution in [1.82, 2.24) is 4.98 Å². The summed E-state index contributed by atoms with van der Waals surface area (Å²) in [5, 5.41) is 18.4. The van der Waals surface area contributed by atoms with Crippen molar-refractivity contribution in [3.8, 4) is 5.75 Å². The molecule has 1 aromatic heterocycles. The van der Waals surface area contributed by atoms with E-state index in [0.717, 1.165) is 0 Å². The van der Waals surface area contributed by atoms with Crippen molar-refractivity contribution in [2.75, 3.05) is 6.61 Å². The number of halogens is 1. The van der Waals surface area contributed by atoms with Gasteiger partial charge in [0, 0.05) is 10.7 Å². The minimum absolute atomic E-state index is 0.0200. The zero-order valence-corrected chi connectivity index (χ0v) is 8.74. The highest BCUT2D eigenvalue weighted by atomic mass is 79.9. The minimum atomic E-state index is -1.01. The van der Waals surface area contributed by atoms with Crippen LogP contribution in [0.5, 0.6) is 5.75 Å². The van der Waals surface area contributed by atoms with Crippen LogP contribution in [0.4, 0.5) is 0 Å². The monoisotopic (exact) mass is 246 g/mol. The van der Waals surface area contributed by atoms with E-state index >= 15 is 0 Å². The van der Waals surface area contributed by atoms with Gasteiger partial charge < -0.3 is 15.9 Å². The Morgan fingerprint density at radius 1 is 1.69 bits per heavy atom. The average molecular weight is 247 g/mol. The first kappa shape index (κ1) is 10.4. The summed E-state index contributed by atoms with van der Waals surface area (Å²) in [5.74, 6) is -0.0200. The van der Waals surface area contributed by atoms with Crippen LogP contribution < -0.4 is 5.73 Å². The molecule has 0 saturated heterocycles. The van der Waals surface area contributed by atoms with E-state index in [0.29, 0.717) is 10.2 Å². The van der Waals surface area contributed by atoms with Crippen LogP contribution in [0.15, 0.2) is 16.7 Å². The Bertz CT molecular complexity index is 315. The molecule has 0 amide bonds. The predicted octanol–water partition coefficient (Wildman–Crippen LogP) is 0.716. The highest BCUT2D eigenvalue weighted by Crippen LogP contribution is 2.26. The van der Waals surface area contributed by atoms with Crippen molar-refractivity contribution < 1.29 is 10.2 Å². The maximum atomic E-state index is 9.47. The molecule has 0 aliphatic heterocycles. The molecule has 4 nitrogen and oxygen atoms in total. The molecule has 0 fully saturated rings. The SMILES string of the molecule is CC(N)(CO)c1ncc(Br)cc1O. The maximum absolute atomic E-state index is 9.47. The molecule has 1 aromatic rings. The van der Waals surface area contributed by atoms with Gasteiger partial charge in [-0.05, 0) is 28.9 Å². The van der Waals surface area contributed by atoms with Crippen LogP contribution in [0, 0.1) is 0 Å². The molecule has 1 rings (SSSR count). The maximum Gasteiger partial charge on any atom is 0.140 e. The predicted molar refractivity (Wildman–Crippen MR) is 52.2 cm³/mol. The largest absolute Gasteiger partial charge is 0.506 e. The van der Waals surface area contributed by atoms with E-state index in [1.165, 1.54) is 12.3 Å². The second kappa shape index (κ2) is 3.61. The summed E-state index contributed by atoms with van der Waals surface area (Å²) in [7, 11) is 0. The van der Waals surface area contributed by atoms with Crippen molar-refractivity contribution in [3.05, 3.63) is 22.4 Å². The average Bonchev–Trinajstić information content (AvgIpc) is 2.03. The number of aliphatic hydroxyl groups is 1. The summed E-state index contributed by atoms with van der Waals surface area (Å²) in [6, 6.07) is 1.49. The summed E-state index contributed by atoms with van der Waals surface area (Å²) >= 11 is 3.16. The van der Waals surface area contributed by atoms with Crippen LogP contribution in [0.25, 0.3) is 0 Å². The minimum Gasteiger partial charge on any atom is -0.506 e. The third kappa shape index (κ3) is 2.18. The van der Waals surface area contributed by atoms with Crippen LogP contribution in [0.1, 0.15) is 12.6 Å². The summed E-state index contributed by atoms with van der Waals surface area (Å²) in [4.78, 5) is 3.94. The number of aliphatic hydroxyl groups excluding tert-OH is 1. The van der Waals surface area contributed by atoms with Gasteiger partial charge in [0.05, 0.1) is 12.1 Å². The van der Waals surface area contributed by atoms with Gasteiger partial charge in [0.1, 0.15) is 11.4 Å². The molecule has 0 spiro atoms. The third-order valence-corrected chi connectivity index (χ3v) is 2.14. The number of aromatic nitrogens is 1. The van der Waals surface area contributed by atoms with E-state index in [9.17, 15) is 5.11 Å². The number of nitrogens with two attached hydrogens (primary N) is 1. The number of aromatic hydroxyl groups is 1. The lowest BCUT2D eigenvalue weighted by atomic mass is 9.99. The number of hydrogen-bond donors (Lipinski definition) is 3. The fourth-order valence-electron chi connectivity index (χ4n) is 0.944. The van der Waals surface area contributed by atoms with Gasteiger partial charge in [-0.15, -0.1) is 0 Å². The molecule has 0 saturated carbocycles. The van der Waals surface area contributed by atoms with E-state index in [1.807, 2.05) is 0 Å². The molecule has 4 N–H and O–H groups in total. The summed E-state index contributed by atoms with van der Waals surface area (Å²) in [5.41, 5.74) is 4.98. The molecule has 1 heterocycles. The lowest BCUT2D eigenvalue weighted by Gasteiger charge is -2.21. The van der Waals surface area contributed by atoms with Crippen LogP contribution in [0.3, 0.4) is 0 Å². The summed E-state index contributed by atoms with van der Waals surface area (Å²) < 4.78 is 0.669. The van der Waals surface area contributed by atoms with Crippen molar-refractivity contribution in [3.63, 3.8) is 0 Å². The zero-order chi connectivity index (χ0) is 10.1. The molecule has 1 atom stereocenters. The number of rotatable bonds is 2. The molecule has 0 bridgehead atoms. The van der Waals surface area contributed by atoms with E-state index in [1.54, 1.807) is 6.92 Å². The quantitative estimate of drug-likeness (QED) is 0.719. The van der Waals surface area contributed by atoms with Gasteiger partial charge in [-0.1, -0.05) is 0 Å². The molecular formula is C8H11BrN2O2. The van der Waals surface area contributed by atoms with Crippen LogP contribution in [-0.4, -0.2) is 21.8 Å². The number of hydrogen-bond acceptors (Lipinski definition) is 4. The van der Waals surface area contributed by atoms with Gasteiger partial charge >= 0.3 is 0 Å². The van der Waals surface area contributed by atoms with E-state index in [2.05, 4.69) is 20.9 Å². The first-order valence-corrected chi connectivity index (χ1v) is 4.51. The molecule has 1 unspecified atom stereocenters. The Balaban J connectivity index is 3.16. The standard InChI is InChI=1S/C8H11BrN2O2/c1-8(10,4-12)7-6(13)2-5(9)3-11-7/h2-3,12-13H,4,10H2,1H3. The molecular weight excluding hydrogens is 236 g/mol. The lowest BCUT2D eigenvalue weighted by Crippen LogP contribution is -2.37. The Labute approximate surface area is 84.5 Å². The van der Waals surface area contributed by atoms with Gasteiger partial charge in [-0.25, -0.2) is 0 Å². The fourth-order valence-corrected chi connectivity index (χ4v) is 1.26. The molecule has 72 valence electrons. The third-order valence-electron chi connectivity index (χ3n) is 1.70. The highest BCUT2D eigenvalue weighted by Gasteiger charge is 2.25. The molecule has 5 heteroatoms. The smallest absolute Gasteiger partial charge is 0.140 e. The van der Waals surface area contributed by atoms with Gasteiger partial charge in [-0.2, -0.15) is 0 Å². The topological polar surface area (TPSA) is 79.4 Å². The second-order valence-electron chi connectivity index (χ2n) is 3.10. The molecule has 0 radical (unpaired) electrons. The van der Waals surface area contributed by atoms with Crippen LogP contribution >= 0.6 is 15.9 Å². The van der Waals surface area contributed by atoms with Gasteiger partial charge in [0.2, 0.25) is 0 Å². The van der Waals surface area contributed by atoms with Gasteiger partial charge in [-0.3, -0.25) is 4.98 Å². The van der Waals surface area contributed by atoms with Crippen molar-refractivity contribution in [1.29, 1.82) is 0 Å². The van der Waals surface area contributed by atoms with E-state index < -0.39 is 5.54 Å².